The van der Waals surface area contributed by atoms with Gasteiger partial charge in [-0.2, -0.15) is 0 Å². The second-order valence-corrected chi connectivity index (χ2v) is 5.85. The number of azo groups is 1. The molecule has 1 heterocycles. The van der Waals surface area contributed by atoms with Crippen LogP contribution in [0.3, 0.4) is 0 Å². The smallest absolute Gasteiger partial charge is 0.299 e. The standard InChI is InChI=1S/C16H12BrN3O3/c1-8-6-10-12(7-11(8)17)18-16(23)14(10)19-20-15(22)9-4-2-3-5-13(9)21/h2-7,18,21,23H,1H3. The summed E-state index contributed by atoms with van der Waals surface area (Å²) in [5.41, 5.74) is 1.86. The van der Waals surface area contributed by atoms with Crippen LogP contribution in [-0.4, -0.2) is 21.1 Å². The predicted molar refractivity (Wildman–Crippen MR) is 89.4 cm³/mol. The average molecular weight is 374 g/mol. The molecular weight excluding hydrogens is 362 g/mol. The Morgan fingerprint density at radius 3 is 2.70 bits per heavy atom. The van der Waals surface area contributed by atoms with Crippen LogP contribution in [-0.2, 0) is 0 Å². The molecule has 0 aliphatic heterocycles. The molecule has 3 rings (SSSR count). The van der Waals surface area contributed by atoms with Gasteiger partial charge in [-0.1, -0.05) is 28.1 Å². The van der Waals surface area contributed by atoms with E-state index in [-0.39, 0.29) is 22.9 Å². The number of nitrogens with zero attached hydrogens (tertiary/aromatic N) is 2. The summed E-state index contributed by atoms with van der Waals surface area (Å²) < 4.78 is 0.889. The Morgan fingerprint density at radius 1 is 1.22 bits per heavy atom. The maximum atomic E-state index is 12.0. The summed E-state index contributed by atoms with van der Waals surface area (Å²) in [5.74, 6) is -1.03. The molecular formula is C16H12BrN3O3. The van der Waals surface area contributed by atoms with E-state index in [0.717, 1.165) is 10.0 Å². The van der Waals surface area contributed by atoms with Gasteiger partial charge in [-0.3, -0.25) is 4.79 Å². The van der Waals surface area contributed by atoms with Crippen molar-refractivity contribution in [3.8, 4) is 11.6 Å². The van der Waals surface area contributed by atoms with Crippen LogP contribution < -0.4 is 0 Å². The van der Waals surface area contributed by atoms with Gasteiger partial charge in [0.25, 0.3) is 5.91 Å². The number of carbonyl (C=O) groups excluding carboxylic acids is 1. The van der Waals surface area contributed by atoms with E-state index in [4.69, 9.17) is 0 Å². The Kier molecular flexibility index (Phi) is 3.87. The number of aromatic amines is 1. The first-order valence-electron chi connectivity index (χ1n) is 6.72. The minimum Gasteiger partial charge on any atom is -0.507 e. The van der Waals surface area contributed by atoms with E-state index in [0.29, 0.717) is 10.9 Å². The lowest BCUT2D eigenvalue weighted by Crippen LogP contribution is -1.93. The fourth-order valence-corrected chi connectivity index (χ4v) is 2.54. The molecule has 0 fully saturated rings. The number of aryl methyl sites for hydroxylation is 1. The number of aromatic hydroxyl groups is 2. The third-order valence-electron chi connectivity index (χ3n) is 3.41. The number of halogens is 1. The molecule has 0 atom stereocenters. The normalized spacial score (nSPS) is 11.4. The largest absolute Gasteiger partial charge is 0.507 e. The van der Waals surface area contributed by atoms with Gasteiger partial charge in [0.15, 0.2) is 5.69 Å². The molecule has 7 heteroatoms. The zero-order valence-electron chi connectivity index (χ0n) is 12.0. The highest BCUT2D eigenvalue weighted by Crippen LogP contribution is 2.38. The van der Waals surface area contributed by atoms with Crippen molar-refractivity contribution in [3.05, 3.63) is 52.0 Å². The lowest BCUT2D eigenvalue weighted by atomic mass is 10.1. The van der Waals surface area contributed by atoms with Gasteiger partial charge in [-0.15, -0.1) is 10.2 Å². The van der Waals surface area contributed by atoms with Crippen molar-refractivity contribution in [1.82, 2.24) is 4.98 Å². The highest BCUT2D eigenvalue weighted by molar-refractivity contribution is 9.10. The van der Waals surface area contributed by atoms with Crippen LogP contribution in [0.4, 0.5) is 5.69 Å². The molecule has 6 nitrogen and oxygen atoms in total. The summed E-state index contributed by atoms with van der Waals surface area (Å²) in [6.07, 6.45) is 0. The number of phenols is 1. The molecule has 0 bridgehead atoms. The second-order valence-electron chi connectivity index (χ2n) is 4.99. The molecule has 3 N–H and O–H groups in total. The van der Waals surface area contributed by atoms with Gasteiger partial charge in [0, 0.05) is 9.86 Å². The van der Waals surface area contributed by atoms with Gasteiger partial charge in [0.1, 0.15) is 5.75 Å². The van der Waals surface area contributed by atoms with E-state index in [1.54, 1.807) is 12.1 Å². The number of fused-ring (bicyclic) bond motifs is 1. The molecule has 0 spiro atoms. The van der Waals surface area contributed by atoms with Crippen molar-refractivity contribution in [2.24, 2.45) is 10.2 Å². The Morgan fingerprint density at radius 2 is 1.96 bits per heavy atom. The van der Waals surface area contributed by atoms with Crippen LogP contribution in [0.15, 0.2) is 51.1 Å². The summed E-state index contributed by atoms with van der Waals surface area (Å²) >= 11 is 3.41. The maximum Gasteiger partial charge on any atom is 0.299 e. The number of carbonyl (C=O) groups is 1. The zero-order chi connectivity index (χ0) is 16.6. The number of nitrogens with one attached hydrogen (secondary N) is 1. The molecule has 116 valence electrons. The molecule has 3 aromatic rings. The number of amides is 1. The highest BCUT2D eigenvalue weighted by Gasteiger charge is 2.14. The van der Waals surface area contributed by atoms with E-state index in [9.17, 15) is 15.0 Å². The molecule has 1 amide bonds. The van der Waals surface area contributed by atoms with Gasteiger partial charge >= 0.3 is 0 Å². The fraction of sp³-hybridized carbons (Fsp3) is 0.0625. The molecule has 0 saturated heterocycles. The second kappa shape index (κ2) is 5.85. The van der Waals surface area contributed by atoms with E-state index < -0.39 is 5.91 Å². The number of hydrogen-bond donors (Lipinski definition) is 3. The van der Waals surface area contributed by atoms with Gasteiger partial charge in [0.2, 0.25) is 5.88 Å². The molecule has 0 radical (unpaired) electrons. The van der Waals surface area contributed by atoms with Gasteiger partial charge in [-0.05, 0) is 36.8 Å². The summed E-state index contributed by atoms with van der Waals surface area (Å²) in [5, 5.41) is 27.7. The lowest BCUT2D eigenvalue weighted by molar-refractivity contribution is 0.0992. The number of phenolic OH excluding ortho intramolecular Hbond substituents is 1. The van der Waals surface area contributed by atoms with Crippen molar-refractivity contribution < 1.29 is 15.0 Å². The summed E-state index contributed by atoms with van der Waals surface area (Å²) in [7, 11) is 0. The maximum absolute atomic E-state index is 12.0. The van der Waals surface area contributed by atoms with E-state index in [2.05, 4.69) is 31.1 Å². The summed E-state index contributed by atoms with van der Waals surface area (Å²) in [6.45, 7) is 1.90. The molecule has 0 unspecified atom stereocenters. The highest BCUT2D eigenvalue weighted by atomic mass is 79.9. The Bertz CT molecular complexity index is 947. The minimum atomic E-state index is -0.689. The molecule has 2 aromatic carbocycles. The monoisotopic (exact) mass is 373 g/mol. The van der Waals surface area contributed by atoms with Gasteiger partial charge < -0.3 is 15.2 Å². The molecule has 0 aliphatic rings. The molecule has 23 heavy (non-hydrogen) atoms. The molecule has 1 aromatic heterocycles. The van der Waals surface area contributed by atoms with E-state index >= 15 is 0 Å². The average Bonchev–Trinajstić information content (AvgIpc) is 2.80. The number of aromatic nitrogens is 1. The van der Waals surface area contributed by atoms with Crippen molar-refractivity contribution in [2.45, 2.75) is 6.92 Å². The third-order valence-corrected chi connectivity index (χ3v) is 4.26. The third kappa shape index (κ3) is 2.83. The van der Waals surface area contributed by atoms with Crippen molar-refractivity contribution >= 4 is 38.4 Å². The SMILES string of the molecule is Cc1cc2c(N=NC(=O)c3ccccc3O)c(O)[nH]c2cc1Br. The van der Waals surface area contributed by atoms with Crippen LogP contribution in [0.2, 0.25) is 0 Å². The molecule has 0 saturated carbocycles. The van der Waals surface area contributed by atoms with Crippen LogP contribution in [0.5, 0.6) is 11.6 Å². The fourth-order valence-electron chi connectivity index (χ4n) is 2.20. The van der Waals surface area contributed by atoms with Crippen molar-refractivity contribution in [1.29, 1.82) is 0 Å². The number of hydrogen-bond acceptors (Lipinski definition) is 4. The summed E-state index contributed by atoms with van der Waals surface area (Å²) in [6, 6.07) is 9.71. The Balaban J connectivity index is 2.01. The lowest BCUT2D eigenvalue weighted by Gasteiger charge is -1.99. The van der Waals surface area contributed by atoms with Crippen LogP contribution in [0, 0.1) is 6.92 Å². The van der Waals surface area contributed by atoms with Crippen LogP contribution in [0.1, 0.15) is 15.9 Å². The van der Waals surface area contributed by atoms with Gasteiger partial charge in [-0.25, -0.2) is 0 Å². The number of rotatable bonds is 2. The Labute approximate surface area is 139 Å². The first-order chi connectivity index (χ1) is 11.0. The van der Waals surface area contributed by atoms with Crippen LogP contribution >= 0.6 is 15.9 Å². The zero-order valence-corrected chi connectivity index (χ0v) is 13.6. The topological polar surface area (TPSA) is 98.0 Å². The minimum absolute atomic E-state index is 0.0505. The predicted octanol–water partition coefficient (Wildman–Crippen LogP) is 4.57. The van der Waals surface area contributed by atoms with E-state index in [1.807, 2.05) is 19.1 Å². The Hall–Kier alpha value is -2.67. The quantitative estimate of drug-likeness (QED) is 0.573. The van der Waals surface area contributed by atoms with Crippen LogP contribution in [0.25, 0.3) is 10.9 Å². The van der Waals surface area contributed by atoms with E-state index in [1.165, 1.54) is 12.1 Å². The summed E-state index contributed by atoms with van der Waals surface area (Å²) in [4.78, 5) is 14.8. The first kappa shape index (κ1) is 15.2. The number of H-pyrrole nitrogens is 1. The van der Waals surface area contributed by atoms with Crippen molar-refractivity contribution in [2.75, 3.05) is 0 Å². The van der Waals surface area contributed by atoms with Gasteiger partial charge in [0.05, 0.1) is 11.1 Å². The van der Waals surface area contributed by atoms with Crippen molar-refractivity contribution in [3.63, 3.8) is 0 Å². The first-order valence-corrected chi connectivity index (χ1v) is 7.51. The molecule has 0 aliphatic carbocycles. The number of benzene rings is 2. The number of para-hydroxylation sites is 1.